The van der Waals surface area contributed by atoms with E-state index in [0.717, 1.165) is 0 Å². The molecule has 0 spiro atoms. The third-order valence-electron chi connectivity index (χ3n) is 3.84. The van der Waals surface area contributed by atoms with Crippen molar-refractivity contribution in [1.29, 1.82) is 0 Å². The summed E-state index contributed by atoms with van der Waals surface area (Å²) in [5.74, 6) is 0.215. The molecule has 1 aliphatic heterocycles. The molecule has 146 valence electrons. The Hall–Kier alpha value is -2.65. The molecule has 1 atom stereocenters. The molecule has 0 bridgehead atoms. The first kappa shape index (κ1) is 20.1. The van der Waals surface area contributed by atoms with Crippen LogP contribution in [0.2, 0.25) is 0 Å². The van der Waals surface area contributed by atoms with E-state index in [9.17, 15) is 14.7 Å². The van der Waals surface area contributed by atoms with E-state index in [4.69, 9.17) is 12.5 Å². The summed E-state index contributed by atoms with van der Waals surface area (Å²) < 4.78 is 16.4. The second-order valence-corrected chi connectivity index (χ2v) is 7.66. The molecule has 2 aromatic carbocycles. The van der Waals surface area contributed by atoms with Crippen LogP contribution < -0.4 is 31.1 Å². The summed E-state index contributed by atoms with van der Waals surface area (Å²) in [4.78, 5) is 23.9. The van der Waals surface area contributed by atoms with Gasteiger partial charge >= 0.3 is 167 Å². The number of hydrogen-bond acceptors (Lipinski definition) is 6. The van der Waals surface area contributed by atoms with Crippen molar-refractivity contribution in [3.63, 3.8) is 0 Å². The van der Waals surface area contributed by atoms with Crippen molar-refractivity contribution in [3.05, 3.63) is 77.4 Å². The molecule has 6 nitrogen and oxygen atoms in total. The Balaban J connectivity index is 1.68. The van der Waals surface area contributed by atoms with Crippen molar-refractivity contribution in [2.24, 2.45) is 0 Å². The van der Waals surface area contributed by atoms with Crippen molar-refractivity contribution in [1.82, 2.24) is 0 Å². The molecule has 7 heteroatoms. The summed E-state index contributed by atoms with van der Waals surface area (Å²) in [6, 6.07) is 13.8. The summed E-state index contributed by atoms with van der Waals surface area (Å²) in [6.07, 6.45) is 0.254. The van der Waals surface area contributed by atoms with Crippen molar-refractivity contribution in [2.75, 3.05) is 4.61 Å². The van der Waals surface area contributed by atoms with E-state index in [0.29, 0.717) is 28.2 Å². The molecular weight excluding hydrogens is 475 g/mol. The van der Waals surface area contributed by atoms with Gasteiger partial charge in [0.25, 0.3) is 0 Å². The van der Waals surface area contributed by atoms with Crippen LogP contribution in [0.25, 0.3) is 6.08 Å². The molecule has 3 rings (SSSR count). The number of carbonyl (C=O) groups excluding carboxylic acids is 2. The molecule has 0 radical (unpaired) electrons. The Morgan fingerprint density at radius 2 is 1.96 bits per heavy atom. The van der Waals surface area contributed by atoms with Crippen LogP contribution in [-0.2, 0) is 7.86 Å². The number of rotatable bonds is 7. The van der Waals surface area contributed by atoms with Crippen LogP contribution in [0.3, 0.4) is 0 Å². The molecule has 0 aliphatic carbocycles. The number of aliphatic hydroxyl groups excluding tert-OH is 1. The molecule has 1 unspecified atom stereocenters. The minimum absolute atomic E-state index is 0.171. The van der Waals surface area contributed by atoms with Gasteiger partial charge in [-0.25, -0.2) is 0 Å². The topological polar surface area (TPSA) is 82.1 Å². The Morgan fingerprint density at radius 1 is 1.21 bits per heavy atom. The maximum absolute atomic E-state index is 12.6. The van der Waals surface area contributed by atoms with Crippen LogP contribution in [0, 0.1) is 0 Å². The number of benzene rings is 2. The van der Waals surface area contributed by atoms with Crippen LogP contribution in [0.4, 0.5) is 0 Å². The van der Waals surface area contributed by atoms with Gasteiger partial charge in [0.2, 0.25) is 0 Å². The first-order valence-corrected chi connectivity index (χ1v) is 10.7. The van der Waals surface area contributed by atoms with Crippen molar-refractivity contribution in [3.8, 4) is 11.5 Å². The predicted octanol–water partition coefficient (Wildman–Crippen LogP) is 0.123. The Bertz CT molecular complexity index is 935. The van der Waals surface area contributed by atoms with Crippen LogP contribution in [0.15, 0.2) is 66.3 Å². The number of aliphatic hydroxyl groups is 1. The maximum atomic E-state index is 12.6. The van der Waals surface area contributed by atoms with Crippen LogP contribution in [0.1, 0.15) is 22.8 Å². The van der Waals surface area contributed by atoms with Crippen LogP contribution in [0.5, 0.6) is 11.5 Å². The van der Waals surface area contributed by atoms with Crippen molar-refractivity contribution >= 4 is 17.8 Å². The molecule has 0 saturated carbocycles. The van der Waals surface area contributed by atoms with E-state index in [2.05, 4.69) is 6.58 Å². The fourth-order valence-corrected chi connectivity index (χ4v) is 3.68. The summed E-state index contributed by atoms with van der Waals surface area (Å²) in [5, 5.41) is 10.3. The van der Waals surface area contributed by atoms with Gasteiger partial charge in [-0.1, -0.05) is 6.07 Å². The summed E-state index contributed by atoms with van der Waals surface area (Å²) >= 11 is -0.918. The van der Waals surface area contributed by atoms with Crippen LogP contribution in [-0.4, -0.2) is 27.8 Å². The number of fused-ring (bicyclic) bond motifs is 1. The molecule has 1 heterocycles. The van der Waals surface area contributed by atoms with Gasteiger partial charge in [-0.2, -0.15) is 0 Å². The minimum atomic E-state index is -1.36. The molecular formula is C21H18IO6-. The van der Waals surface area contributed by atoms with Gasteiger partial charge in [-0.05, 0) is 0 Å². The van der Waals surface area contributed by atoms with Crippen molar-refractivity contribution < 1.29 is 48.9 Å². The average Bonchev–Trinajstić information content (AvgIpc) is 2.70. The van der Waals surface area contributed by atoms with Gasteiger partial charge in [0.15, 0.2) is 0 Å². The molecule has 0 fully saturated rings. The van der Waals surface area contributed by atoms with Gasteiger partial charge < -0.3 is 0 Å². The van der Waals surface area contributed by atoms with Crippen molar-refractivity contribution in [2.45, 2.75) is 13.2 Å². The number of halogens is 1. The van der Waals surface area contributed by atoms with Gasteiger partial charge in [0.1, 0.15) is 0 Å². The average molecular weight is 493 g/mol. The fourth-order valence-electron chi connectivity index (χ4n) is 2.41. The molecule has 0 amide bonds. The molecule has 1 aliphatic rings. The number of Topliss-reactive ketones (excluding diaryl/α,β-unsaturated/α-hetero) is 1. The zero-order valence-electron chi connectivity index (χ0n) is 15.1. The molecule has 0 saturated heterocycles. The molecule has 0 aromatic heterocycles. The standard InChI is InChI=1S/C21H18IO6/c1-13(2)20(24)28-22-12-26-16-9-8-15-10-17(21(25)27-18(15)11-16)19(23)14-6-4-3-5-7-14/h3-11,21,25H,1,12H2,2H3/q-1. The van der Waals surface area contributed by atoms with E-state index in [1.54, 1.807) is 55.5 Å². The second-order valence-electron chi connectivity index (χ2n) is 5.97. The van der Waals surface area contributed by atoms with E-state index in [1.165, 1.54) is 0 Å². The quantitative estimate of drug-likeness (QED) is 0.194. The first-order valence-electron chi connectivity index (χ1n) is 8.34. The predicted molar refractivity (Wildman–Crippen MR) is 98.2 cm³/mol. The SMILES string of the molecule is C=C(C)C(=O)O[I-]COc1ccc2c(c1)OC(O)C(C(=O)c1ccccc1)=C2. The number of hydrogen-bond donors (Lipinski definition) is 1. The monoisotopic (exact) mass is 493 g/mol. The Morgan fingerprint density at radius 3 is 2.68 bits per heavy atom. The number of carbonyl (C=O) groups is 2. The Labute approximate surface area is 173 Å². The fraction of sp³-hybridized carbons (Fsp3) is 0.143. The van der Waals surface area contributed by atoms with Gasteiger partial charge in [0.05, 0.1) is 0 Å². The second kappa shape index (κ2) is 9.03. The van der Waals surface area contributed by atoms with Gasteiger partial charge in [-0.15, -0.1) is 0 Å². The normalized spacial score (nSPS) is 15.1. The van der Waals surface area contributed by atoms with E-state index < -0.39 is 33.9 Å². The summed E-state index contributed by atoms with van der Waals surface area (Å²) in [5.41, 5.74) is 1.67. The molecule has 28 heavy (non-hydrogen) atoms. The van der Waals surface area contributed by atoms with Crippen LogP contribution >= 0.6 is 0 Å². The summed E-state index contributed by atoms with van der Waals surface area (Å²) in [7, 11) is 0. The summed E-state index contributed by atoms with van der Waals surface area (Å²) in [6.45, 7) is 5.10. The van der Waals surface area contributed by atoms with E-state index >= 15 is 0 Å². The van der Waals surface area contributed by atoms with Gasteiger partial charge in [0, 0.05) is 0 Å². The van der Waals surface area contributed by atoms with E-state index in [1.807, 2.05) is 6.07 Å². The third-order valence-corrected chi connectivity index (χ3v) is 5.11. The zero-order chi connectivity index (χ0) is 20.1. The third kappa shape index (κ3) is 4.79. The molecule has 1 N–H and O–H groups in total. The molecule has 2 aromatic rings. The van der Waals surface area contributed by atoms with Gasteiger partial charge in [-0.3, -0.25) is 0 Å². The van der Waals surface area contributed by atoms with E-state index in [-0.39, 0.29) is 16.0 Å². The Kier molecular flexibility index (Phi) is 6.48. The first-order chi connectivity index (χ1) is 13.5. The number of alkyl halides is 1. The number of ether oxygens (including phenoxy) is 2. The number of ketones is 1. The zero-order valence-corrected chi connectivity index (χ0v) is 17.2.